The van der Waals surface area contributed by atoms with Crippen molar-refractivity contribution in [3.63, 3.8) is 0 Å². The van der Waals surface area contributed by atoms with Gasteiger partial charge in [0.25, 0.3) is 15.9 Å². The number of anilines is 1. The molecule has 3 aromatic rings. The van der Waals surface area contributed by atoms with Gasteiger partial charge < -0.3 is 14.8 Å². The van der Waals surface area contributed by atoms with Crippen molar-refractivity contribution in [1.29, 1.82) is 0 Å². The van der Waals surface area contributed by atoms with E-state index < -0.39 is 10.0 Å². The quantitative estimate of drug-likeness (QED) is 0.545. The van der Waals surface area contributed by atoms with E-state index in [1.807, 2.05) is 12.3 Å². The Morgan fingerprint density at radius 1 is 1.12 bits per heavy atom. The van der Waals surface area contributed by atoms with E-state index in [1.165, 1.54) is 18.2 Å². The molecule has 0 fully saturated rings. The van der Waals surface area contributed by atoms with Crippen molar-refractivity contribution in [2.24, 2.45) is 0 Å². The van der Waals surface area contributed by atoms with Gasteiger partial charge in [-0.2, -0.15) is 0 Å². The van der Waals surface area contributed by atoms with E-state index in [1.54, 1.807) is 35.6 Å². The topological polar surface area (TPSA) is 107 Å². The SMILES string of the molecule is Cc1csc(CCNC(=O)c2cccc(NS(=O)(=O)c3ccc4c(c3)OCCCO4)c2)n1. The maximum Gasteiger partial charge on any atom is 0.262 e. The van der Waals surface area contributed by atoms with Crippen LogP contribution in [0.3, 0.4) is 0 Å². The molecule has 1 aromatic heterocycles. The first-order chi connectivity index (χ1) is 15.4. The van der Waals surface area contributed by atoms with Crippen molar-refractivity contribution in [2.45, 2.75) is 24.7 Å². The van der Waals surface area contributed by atoms with Crippen LogP contribution in [0.1, 0.15) is 27.5 Å². The molecular weight excluding hydrogens is 450 g/mol. The van der Waals surface area contributed by atoms with Gasteiger partial charge in [0.2, 0.25) is 0 Å². The van der Waals surface area contributed by atoms with E-state index in [2.05, 4.69) is 15.0 Å². The maximum absolute atomic E-state index is 12.9. The number of hydrogen-bond donors (Lipinski definition) is 2. The molecular formula is C22H23N3O5S2. The van der Waals surface area contributed by atoms with Crippen molar-refractivity contribution in [2.75, 3.05) is 24.5 Å². The lowest BCUT2D eigenvalue weighted by atomic mass is 10.2. The lowest BCUT2D eigenvalue weighted by Crippen LogP contribution is -2.25. The molecule has 1 aliphatic rings. The van der Waals surface area contributed by atoms with E-state index in [0.29, 0.717) is 48.9 Å². The second-order valence-corrected chi connectivity index (χ2v) is 9.86. The molecule has 1 amide bonds. The smallest absolute Gasteiger partial charge is 0.262 e. The first kappa shape index (κ1) is 22.1. The molecule has 168 valence electrons. The van der Waals surface area contributed by atoms with Crippen LogP contribution in [-0.4, -0.2) is 39.1 Å². The van der Waals surface area contributed by atoms with E-state index in [9.17, 15) is 13.2 Å². The number of rotatable bonds is 7. The minimum atomic E-state index is -3.88. The van der Waals surface area contributed by atoms with Crippen LogP contribution in [0, 0.1) is 6.92 Å². The van der Waals surface area contributed by atoms with Gasteiger partial charge in [0.05, 0.1) is 23.1 Å². The zero-order valence-electron chi connectivity index (χ0n) is 17.5. The van der Waals surface area contributed by atoms with Crippen LogP contribution in [0.5, 0.6) is 11.5 Å². The summed E-state index contributed by atoms with van der Waals surface area (Å²) in [6.07, 6.45) is 1.37. The Bertz CT molecular complexity index is 1220. The first-order valence-corrected chi connectivity index (χ1v) is 12.5. The summed E-state index contributed by atoms with van der Waals surface area (Å²) in [6.45, 7) is 3.36. The van der Waals surface area contributed by atoms with Crippen LogP contribution in [-0.2, 0) is 16.4 Å². The zero-order chi connectivity index (χ0) is 22.6. The third kappa shape index (κ3) is 5.38. The Kier molecular flexibility index (Phi) is 6.61. The Morgan fingerprint density at radius 2 is 1.94 bits per heavy atom. The van der Waals surface area contributed by atoms with Crippen LogP contribution < -0.4 is 19.5 Å². The summed E-state index contributed by atoms with van der Waals surface area (Å²) in [5.41, 5.74) is 1.62. The molecule has 0 aliphatic carbocycles. The molecule has 32 heavy (non-hydrogen) atoms. The Balaban J connectivity index is 1.42. The predicted octanol–water partition coefficient (Wildman–Crippen LogP) is 3.39. The molecule has 0 saturated carbocycles. The van der Waals surface area contributed by atoms with Crippen LogP contribution in [0.2, 0.25) is 0 Å². The normalized spacial score (nSPS) is 13.3. The van der Waals surface area contributed by atoms with Crippen LogP contribution >= 0.6 is 11.3 Å². The number of aromatic nitrogens is 1. The fraction of sp³-hybridized carbons (Fsp3) is 0.273. The number of sulfonamides is 1. The summed E-state index contributed by atoms with van der Waals surface area (Å²) in [7, 11) is -3.88. The van der Waals surface area contributed by atoms with Crippen molar-refractivity contribution < 1.29 is 22.7 Å². The first-order valence-electron chi connectivity index (χ1n) is 10.1. The molecule has 2 aromatic carbocycles. The highest BCUT2D eigenvalue weighted by molar-refractivity contribution is 7.92. The van der Waals surface area contributed by atoms with Gasteiger partial charge in [0.1, 0.15) is 0 Å². The lowest BCUT2D eigenvalue weighted by molar-refractivity contribution is 0.0954. The molecule has 0 atom stereocenters. The Hall–Kier alpha value is -3.11. The van der Waals surface area contributed by atoms with Gasteiger partial charge in [-0.3, -0.25) is 9.52 Å². The van der Waals surface area contributed by atoms with E-state index in [-0.39, 0.29) is 10.8 Å². The summed E-state index contributed by atoms with van der Waals surface area (Å²) in [5, 5.41) is 5.76. The van der Waals surface area contributed by atoms with Crippen molar-refractivity contribution >= 4 is 33.0 Å². The van der Waals surface area contributed by atoms with Gasteiger partial charge in [-0.25, -0.2) is 13.4 Å². The van der Waals surface area contributed by atoms with Crippen LogP contribution in [0.4, 0.5) is 5.69 Å². The molecule has 1 aliphatic heterocycles. The second kappa shape index (κ2) is 9.58. The average Bonchev–Trinajstić information content (AvgIpc) is 3.04. The number of amides is 1. The van der Waals surface area contributed by atoms with E-state index >= 15 is 0 Å². The predicted molar refractivity (Wildman–Crippen MR) is 122 cm³/mol. The molecule has 0 radical (unpaired) electrons. The van der Waals surface area contributed by atoms with Crippen molar-refractivity contribution in [3.8, 4) is 11.5 Å². The summed E-state index contributed by atoms with van der Waals surface area (Å²) in [4.78, 5) is 16.9. The van der Waals surface area contributed by atoms with Gasteiger partial charge >= 0.3 is 0 Å². The summed E-state index contributed by atoms with van der Waals surface area (Å²) in [5.74, 6) is 0.636. The minimum absolute atomic E-state index is 0.0512. The number of nitrogens with zero attached hydrogens (tertiary/aromatic N) is 1. The zero-order valence-corrected chi connectivity index (χ0v) is 19.1. The summed E-state index contributed by atoms with van der Waals surface area (Å²) < 4.78 is 39.4. The molecule has 0 bridgehead atoms. The number of ether oxygens (including phenoxy) is 2. The van der Waals surface area contributed by atoms with E-state index in [0.717, 1.165) is 17.1 Å². The standard InChI is InChI=1S/C22H23N3O5S2/c1-15-14-31-21(24-15)8-9-23-22(26)16-4-2-5-17(12-16)25-32(27,28)18-6-7-19-20(13-18)30-11-3-10-29-19/h2,4-7,12-14,25H,3,8-11H2,1H3,(H,23,26). The van der Waals surface area contributed by atoms with Gasteiger partial charge in [-0.1, -0.05) is 6.07 Å². The highest BCUT2D eigenvalue weighted by Gasteiger charge is 2.19. The van der Waals surface area contributed by atoms with Crippen LogP contribution in [0.15, 0.2) is 52.7 Å². The monoisotopic (exact) mass is 473 g/mol. The van der Waals surface area contributed by atoms with Crippen molar-refractivity contribution in [1.82, 2.24) is 10.3 Å². The summed E-state index contributed by atoms with van der Waals surface area (Å²) in [6, 6.07) is 10.9. The van der Waals surface area contributed by atoms with Gasteiger partial charge in [0, 0.05) is 47.8 Å². The average molecular weight is 474 g/mol. The number of carbonyl (C=O) groups excluding carboxylic acids is 1. The van der Waals surface area contributed by atoms with Gasteiger partial charge in [-0.05, 0) is 37.3 Å². The fourth-order valence-corrected chi connectivity index (χ4v) is 4.99. The van der Waals surface area contributed by atoms with E-state index in [4.69, 9.17) is 9.47 Å². The third-order valence-electron chi connectivity index (χ3n) is 4.70. The van der Waals surface area contributed by atoms with Gasteiger partial charge in [0.15, 0.2) is 11.5 Å². The summed E-state index contributed by atoms with van der Waals surface area (Å²) >= 11 is 1.56. The second-order valence-electron chi connectivity index (χ2n) is 7.23. The molecule has 0 saturated heterocycles. The minimum Gasteiger partial charge on any atom is -0.490 e. The number of fused-ring (bicyclic) bond motifs is 1. The maximum atomic E-state index is 12.9. The molecule has 0 unspecified atom stereocenters. The molecule has 10 heteroatoms. The molecule has 2 heterocycles. The number of aryl methyl sites for hydroxylation is 1. The number of benzene rings is 2. The Morgan fingerprint density at radius 3 is 2.72 bits per heavy atom. The van der Waals surface area contributed by atoms with Gasteiger partial charge in [-0.15, -0.1) is 11.3 Å². The highest BCUT2D eigenvalue weighted by atomic mass is 32.2. The lowest BCUT2D eigenvalue weighted by Gasteiger charge is -2.12. The number of hydrogen-bond acceptors (Lipinski definition) is 7. The molecule has 8 nitrogen and oxygen atoms in total. The third-order valence-corrected chi connectivity index (χ3v) is 7.10. The number of carbonyl (C=O) groups is 1. The number of thiazole rings is 1. The van der Waals surface area contributed by atoms with Crippen molar-refractivity contribution in [3.05, 3.63) is 64.1 Å². The van der Waals surface area contributed by atoms with Crippen LogP contribution in [0.25, 0.3) is 0 Å². The number of nitrogens with one attached hydrogen (secondary N) is 2. The largest absolute Gasteiger partial charge is 0.490 e. The molecule has 2 N–H and O–H groups in total. The highest BCUT2D eigenvalue weighted by Crippen LogP contribution is 2.32. The molecule has 0 spiro atoms. The Labute approximate surface area is 190 Å². The molecule has 4 rings (SSSR count). The fourth-order valence-electron chi connectivity index (χ4n) is 3.15.